The van der Waals surface area contributed by atoms with Crippen LogP contribution < -0.4 is 10.2 Å². The highest BCUT2D eigenvalue weighted by atomic mass is 16.3. The monoisotopic (exact) mass is 367 g/mol. The molecule has 0 spiro atoms. The third kappa shape index (κ3) is 4.03. The number of nitrogens with zero attached hydrogens (tertiary/aromatic N) is 2. The average Bonchev–Trinajstić information content (AvgIpc) is 3.40. The number of carbonyl (C=O) groups is 1. The van der Waals surface area contributed by atoms with Crippen LogP contribution in [-0.4, -0.2) is 43.0 Å². The third-order valence-electron chi connectivity index (χ3n) is 6.08. The molecule has 0 unspecified atom stereocenters. The van der Waals surface area contributed by atoms with E-state index in [1.54, 1.807) is 6.07 Å². The van der Waals surface area contributed by atoms with Crippen LogP contribution in [0.15, 0.2) is 41.2 Å². The van der Waals surface area contributed by atoms with Gasteiger partial charge in [0.05, 0.1) is 11.8 Å². The molecule has 2 aliphatic heterocycles. The number of hydrogen-bond acceptors (Lipinski definition) is 4. The number of nitrogens with one attached hydrogen (secondary N) is 1. The van der Waals surface area contributed by atoms with Crippen molar-refractivity contribution in [2.75, 3.05) is 36.4 Å². The summed E-state index contributed by atoms with van der Waals surface area (Å²) >= 11 is 0. The summed E-state index contributed by atoms with van der Waals surface area (Å²) < 4.78 is 4.98. The van der Waals surface area contributed by atoms with Crippen molar-refractivity contribution >= 4 is 17.3 Å². The molecule has 1 amide bonds. The summed E-state index contributed by atoms with van der Waals surface area (Å²) in [4.78, 5) is 17.4. The fourth-order valence-electron chi connectivity index (χ4n) is 4.38. The number of carbonyl (C=O) groups excluding carboxylic acids is 1. The topological polar surface area (TPSA) is 48.7 Å². The number of likely N-dealkylation sites (tertiary alicyclic amines) is 1. The molecular formula is C22H29N3O2. The molecule has 2 aliphatic rings. The molecule has 1 aromatic heterocycles. The van der Waals surface area contributed by atoms with E-state index in [-0.39, 0.29) is 5.91 Å². The van der Waals surface area contributed by atoms with Crippen LogP contribution in [0.2, 0.25) is 0 Å². The Bertz CT molecular complexity index is 787. The first-order valence-electron chi connectivity index (χ1n) is 10.0. The highest BCUT2D eigenvalue weighted by molar-refractivity contribution is 6.04. The highest BCUT2D eigenvalue weighted by Gasteiger charge is 2.28. The van der Waals surface area contributed by atoms with E-state index in [2.05, 4.69) is 34.2 Å². The van der Waals surface area contributed by atoms with E-state index in [0.717, 1.165) is 36.3 Å². The van der Waals surface area contributed by atoms with E-state index < -0.39 is 0 Å². The van der Waals surface area contributed by atoms with Gasteiger partial charge in [0.1, 0.15) is 6.26 Å². The predicted molar refractivity (Wildman–Crippen MR) is 108 cm³/mol. The molecule has 2 aromatic rings. The number of aryl methyl sites for hydroxylation is 1. The molecule has 0 saturated carbocycles. The van der Waals surface area contributed by atoms with E-state index in [9.17, 15) is 4.79 Å². The van der Waals surface area contributed by atoms with Crippen LogP contribution in [0, 0.1) is 12.8 Å². The minimum absolute atomic E-state index is 0.138. The lowest BCUT2D eigenvalue weighted by Gasteiger charge is -2.25. The minimum Gasteiger partial charge on any atom is -0.472 e. The second kappa shape index (κ2) is 7.77. The summed E-state index contributed by atoms with van der Waals surface area (Å²) in [6, 6.07) is 8.74. The van der Waals surface area contributed by atoms with Gasteiger partial charge in [-0.3, -0.25) is 4.79 Å². The van der Waals surface area contributed by atoms with Crippen LogP contribution >= 0.6 is 0 Å². The van der Waals surface area contributed by atoms with Gasteiger partial charge in [-0.05, 0) is 75.4 Å². The van der Waals surface area contributed by atoms with Crippen LogP contribution in [0.1, 0.15) is 42.1 Å². The Balaban J connectivity index is 1.37. The van der Waals surface area contributed by atoms with Crippen molar-refractivity contribution in [2.24, 2.45) is 5.92 Å². The third-order valence-corrected chi connectivity index (χ3v) is 6.08. The fraction of sp³-hybridized carbons (Fsp3) is 0.500. The SMILES string of the molecule is Cc1cc(N2CC[C@H](CN3CCC[C@@H]3C)C2)ccc1NC(=O)c1ccoc1. The first kappa shape index (κ1) is 18.1. The molecule has 1 aromatic carbocycles. The maximum Gasteiger partial charge on any atom is 0.258 e. The first-order chi connectivity index (χ1) is 13.1. The van der Waals surface area contributed by atoms with Crippen LogP contribution in [0.5, 0.6) is 0 Å². The van der Waals surface area contributed by atoms with Crippen LogP contribution in [-0.2, 0) is 0 Å². The van der Waals surface area contributed by atoms with Crippen LogP contribution in [0.4, 0.5) is 11.4 Å². The first-order valence-corrected chi connectivity index (χ1v) is 10.0. The van der Waals surface area contributed by atoms with Gasteiger partial charge >= 0.3 is 0 Å². The molecule has 1 N–H and O–H groups in total. The molecule has 0 aliphatic carbocycles. The quantitative estimate of drug-likeness (QED) is 0.862. The standard InChI is InChI=1S/C22H29N3O2/c1-16-12-20(5-6-21(16)23-22(26)19-8-11-27-15-19)25-10-7-18(14-25)13-24-9-3-4-17(24)2/h5-6,8,11-12,15,17-18H,3-4,7,9-10,13-14H2,1-2H3,(H,23,26)/t17-,18+/m0/s1. The molecule has 5 heteroatoms. The van der Waals surface area contributed by atoms with Crippen molar-refractivity contribution in [3.8, 4) is 0 Å². The van der Waals surface area contributed by atoms with Gasteiger partial charge in [0.2, 0.25) is 0 Å². The van der Waals surface area contributed by atoms with Crippen molar-refractivity contribution in [2.45, 2.75) is 39.2 Å². The minimum atomic E-state index is -0.138. The molecule has 4 rings (SSSR count). The van der Waals surface area contributed by atoms with Gasteiger partial charge in [-0.25, -0.2) is 0 Å². The Morgan fingerprint density at radius 1 is 1.26 bits per heavy atom. The molecule has 27 heavy (non-hydrogen) atoms. The summed E-state index contributed by atoms with van der Waals surface area (Å²) in [6.45, 7) is 9.15. The molecule has 3 heterocycles. The molecule has 5 nitrogen and oxygen atoms in total. The van der Waals surface area contributed by atoms with E-state index in [1.165, 1.54) is 50.6 Å². The zero-order valence-corrected chi connectivity index (χ0v) is 16.3. The van der Waals surface area contributed by atoms with E-state index in [4.69, 9.17) is 4.42 Å². The highest BCUT2D eigenvalue weighted by Crippen LogP contribution is 2.29. The maximum atomic E-state index is 12.2. The molecule has 2 atom stereocenters. The molecule has 2 fully saturated rings. The van der Waals surface area contributed by atoms with Gasteiger partial charge < -0.3 is 19.5 Å². The van der Waals surface area contributed by atoms with Crippen LogP contribution in [0.25, 0.3) is 0 Å². The Labute approximate surface area is 161 Å². The number of hydrogen-bond donors (Lipinski definition) is 1. The number of furan rings is 1. The molecule has 0 radical (unpaired) electrons. The summed E-state index contributed by atoms with van der Waals surface area (Å²) in [5.74, 6) is 0.617. The lowest BCUT2D eigenvalue weighted by Crippen LogP contribution is -2.33. The summed E-state index contributed by atoms with van der Waals surface area (Å²) in [7, 11) is 0. The zero-order valence-electron chi connectivity index (χ0n) is 16.3. The normalized spacial score (nSPS) is 23.1. The Morgan fingerprint density at radius 3 is 2.85 bits per heavy atom. The second-order valence-electron chi connectivity index (χ2n) is 8.05. The zero-order chi connectivity index (χ0) is 18.8. The largest absolute Gasteiger partial charge is 0.472 e. The van der Waals surface area contributed by atoms with Crippen molar-refractivity contribution in [3.63, 3.8) is 0 Å². The lowest BCUT2D eigenvalue weighted by atomic mass is 10.1. The van der Waals surface area contributed by atoms with Gasteiger partial charge in [-0.2, -0.15) is 0 Å². The molecule has 0 bridgehead atoms. The fourth-order valence-corrected chi connectivity index (χ4v) is 4.38. The maximum absolute atomic E-state index is 12.2. The predicted octanol–water partition coefficient (Wildman–Crippen LogP) is 4.15. The summed E-state index contributed by atoms with van der Waals surface area (Å²) in [5, 5.41) is 2.97. The van der Waals surface area contributed by atoms with Gasteiger partial charge in [0, 0.05) is 37.1 Å². The van der Waals surface area contributed by atoms with Crippen molar-refractivity contribution < 1.29 is 9.21 Å². The Hall–Kier alpha value is -2.27. The number of anilines is 2. The molecule has 144 valence electrons. The van der Waals surface area contributed by atoms with Gasteiger partial charge in [-0.1, -0.05) is 0 Å². The van der Waals surface area contributed by atoms with Crippen molar-refractivity contribution in [1.29, 1.82) is 0 Å². The van der Waals surface area contributed by atoms with Gasteiger partial charge in [0.25, 0.3) is 5.91 Å². The number of rotatable bonds is 5. The smallest absolute Gasteiger partial charge is 0.258 e. The lowest BCUT2D eigenvalue weighted by molar-refractivity contribution is 0.102. The van der Waals surface area contributed by atoms with Gasteiger partial charge in [-0.15, -0.1) is 0 Å². The van der Waals surface area contributed by atoms with E-state index in [1.807, 2.05) is 13.0 Å². The van der Waals surface area contributed by atoms with Gasteiger partial charge in [0.15, 0.2) is 0 Å². The van der Waals surface area contributed by atoms with Crippen LogP contribution in [0.3, 0.4) is 0 Å². The summed E-state index contributed by atoms with van der Waals surface area (Å²) in [6.07, 6.45) is 6.94. The Morgan fingerprint density at radius 2 is 2.15 bits per heavy atom. The van der Waals surface area contributed by atoms with Crippen molar-refractivity contribution in [1.82, 2.24) is 4.90 Å². The molecular weight excluding hydrogens is 338 g/mol. The molecule has 2 saturated heterocycles. The summed E-state index contributed by atoms with van der Waals surface area (Å²) in [5.41, 5.74) is 3.73. The van der Waals surface area contributed by atoms with E-state index in [0.29, 0.717) is 5.56 Å². The second-order valence-corrected chi connectivity index (χ2v) is 8.05. The number of benzene rings is 1. The van der Waals surface area contributed by atoms with E-state index >= 15 is 0 Å². The Kier molecular flexibility index (Phi) is 5.21. The number of amides is 1. The van der Waals surface area contributed by atoms with Crippen molar-refractivity contribution in [3.05, 3.63) is 47.9 Å². The average molecular weight is 367 g/mol.